The van der Waals surface area contributed by atoms with Gasteiger partial charge in [0.2, 0.25) is 11.8 Å². The molecule has 0 aromatic heterocycles. The quantitative estimate of drug-likeness (QED) is 0.247. The Labute approximate surface area is 255 Å². The molecule has 43 heavy (non-hydrogen) atoms. The van der Waals surface area contributed by atoms with Crippen LogP contribution in [-0.2, 0) is 32.6 Å². The highest BCUT2D eigenvalue weighted by Crippen LogP contribution is 2.28. The van der Waals surface area contributed by atoms with Crippen LogP contribution in [0.15, 0.2) is 102 Å². The summed E-state index contributed by atoms with van der Waals surface area (Å²) in [7, 11) is -2.60. The summed E-state index contributed by atoms with van der Waals surface area (Å²) in [5, 5.41) is 2.71. The van der Waals surface area contributed by atoms with Crippen molar-refractivity contribution in [2.24, 2.45) is 0 Å². The van der Waals surface area contributed by atoms with Crippen LogP contribution in [-0.4, -0.2) is 44.8 Å². The average Bonchev–Trinajstić information content (AvgIpc) is 2.99. The van der Waals surface area contributed by atoms with Crippen molar-refractivity contribution in [2.75, 3.05) is 17.9 Å². The minimum atomic E-state index is -4.14. The SMILES string of the molecule is CNC(=O)C(Cc1ccccc1)N(Cc1ccc(C)cc1)C(=O)CN(c1ccc(C)cc1C)S(=O)(=O)c1ccc(C)cc1. The molecule has 0 fully saturated rings. The average molecular weight is 598 g/mol. The molecular weight excluding hydrogens is 558 g/mol. The van der Waals surface area contributed by atoms with E-state index in [4.69, 9.17) is 0 Å². The second-order valence-electron chi connectivity index (χ2n) is 10.9. The zero-order valence-corrected chi connectivity index (χ0v) is 26.2. The van der Waals surface area contributed by atoms with Gasteiger partial charge in [-0.1, -0.05) is 95.6 Å². The summed E-state index contributed by atoms with van der Waals surface area (Å²) in [5.74, 6) is -0.815. The van der Waals surface area contributed by atoms with Crippen molar-refractivity contribution >= 4 is 27.5 Å². The van der Waals surface area contributed by atoms with Crippen molar-refractivity contribution in [1.82, 2.24) is 10.2 Å². The van der Waals surface area contributed by atoms with Gasteiger partial charge in [0.15, 0.2) is 0 Å². The highest BCUT2D eigenvalue weighted by atomic mass is 32.2. The van der Waals surface area contributed by atoms with E-state index >= 15 is 0 Å². The zero-order valence-electron chi connectivity index (χ0n) is 25.4. The van der Waals surface area contributed by atoms with Gasteiger partial charge in [-0.05, 0) is 62.6 Å². The minimum Gasteiger partial charge on any atom is -0.357 e. The molecule has 7 nitrogen and oxygen atoms in total. The fourth-order valence-electron chi connectivity index (χ4n) is 5.05. The number of amides is 2. The predicted molar refractivity (Wildman–Crippen MR) is 171 cm³/mol. The van der Waals surface area contributed by atoms with Gasteiger partial charge in [-0.15, -0.1) is 0 Å². The highest BCUT2D eigenvalue weighted by molar-refractivity contribution is 7.92. The van der Waals surface area contributed by atoms with Crippen molar-refractivity contribution in [3.05, 3.63) is 130 Å². The van der Waals surface area contributed by atoms with E-state index in [0.717, 1.165) is 33.4 Å². The first-order chi connectivity index (χ1) is 20.5. The Kier molecular flexibility index (Phi) is 10.0. The van der Waals surface area contributed by atoms with Crippen LogP contribution in [0.3, 0.4) is 0 Å². The van der Waals surface area contributed by atoms with Crippen LogP contribution in [0.25, 0.3) is 0 Å². The van der Waals surface area contributed by atoms with E-state index in [9.17, 15) is 18.0 Å². The number of likely N-dealkylation sites (N-methyl/N-ethyl adjacent to an activating group) is 1. The molecule has 8 heteroatoms. The Morgan fingerprint density at radius 1 is 0.744 bits per heavy atom. The molecule has 1 N–H and O–H groups in total. The lowest BCUT2D eigenvalue weighted by atomic mass is 10.0. The molecule has 1 atom stereocenters. The molecule has 0 spiro atoms. The maximum Gasteiger partial charge on any atom is 0.264 e. The smallest absolute Gasteiger partial charge is 0.264 e. The monoisotopic (exact) mass is 597 g/mol. The van der Waals surface area contributed by atoms with Crippen molar-refractivity contribution < 1.29 is 18.0 Å². The van der Waals surface area contributed by atoms with Crippen LogP contribution in [0.4, 0.5) is 5.69 Å². The Morgan fingerprint density at radius 3 is 1.91 bits per heavy atom. The fourth-order valence-corrected chi connectivity index (χ4v) is 6.53. The van der Waals surface area contributed by atoms with E-state index in [0.29, 0.717) is 5.69 Å². The van der Waals surface area contributed by atoms with Crippen molar-refractivity contribution in [3.8, 4) is 0 Å². The molecule has 0 bridgehead atoms. The van der Waals surface area contributed by atoms with Crippen LogP contribution < -0.4 is 9.62 Å². The number of benzene rings is 4. The van der Waals surface area contributed by atoms with E-state index in [1.54, 1.807) is 37.4 Å². The summed E-state index contributed by atoms with van der Waals surface area (Å²) in [6, 6.07) is 28.4. The number of anilines is 1. The molecule has 0 aliphatic rings. The summed E-state index contributed by atoms with van der Waals surface area (Å²) in [4.78, 5) is 29.4. The lowest BCUT2D eigenvalue weighted by molar-refractivity contribution is -0.139. The number of hydrogen-bond donors (Lipinski definition) is 1. The molecule has 0 aliphatic carbocycles. The molecule has 2 amide bonds. The molecule has 4 rings (SSSR count). The van der Waals surface area contributed by atoms with Gasteiger partial charge >= 0.3 is 0 Å². The van der Waals surface area contributed by atoms with Gasteiger partial charge < -0.3 is 10.2 Å². The number of rotatable bonds is 11. The van der Waals surface area contributed by atoms with Crippen LogP contribution in [0.1, 0.15) is 33.4 Å². The van der Waals surface area contributed by atoms with Crippen LogP contribution in [0.5, 0.6) is 0 Å². The summed E-state index contributed by atoms with van der Waals surface area (Å²) in [6.45, 7) is 7.28. The molecule has 4 aromatic carbocycles. The van der Waals surface area contributed by atoms with E-state index in [1.807, 2.05) is 94.4 Å². The zero-order chi connectivity index (χ0) is 31.1. The largest absolute Gasteiger partial charge is 0.357 e. The second-order valence-corrected chi connectivity index (χ2v) is 12.8. The summed E-state index contributed by atoms with van der Waals surface area (Å²) < 4.78 is 29.5. The molecular formula is C35H39N3O4S. The van der Waals surface area contributed by atoms with Crippen molar-refractivity contribution in [2.45, 2.75) is 51.6 Å². The number of nitrogens with zero attached hydrogens (tertiary/aromatic N) is 2. The number of carbonyl (C=O) groups excluding carboxylic acids is 2. The van der Waals surface area contributed by atoms with E-state index in [2.05, 4.69) is 5.32 Å². The van der Waals surface area contributed by atoms with Gasteiger partial charge in [-0.3, -0.25) is 13.9 Å². The number of hydrogen-bond acceptors (Lipinski definition) is 4. The third-order valence-corrected chi connectivity index (χ3v) is 9.27. The number of carbonyl (C=O) groups is 2. The molecule has 0 saturated carbocycles. The minimum absolute atomic E-state index is 0.0862. The van der Waals surface area contributed by atoms with Crippen LogP contribution in [0.2, 0.25) is 0 Å². The van der Waals surface area contributed by atoms with E-state index < -0.39 is 28.5 Å². The third-order valence-electron chi connectivity index (χ3n) is 7.50. The second kappa shape index (κ2) is 13.7. The first-order valence-corrected chi connectivity index (χ1v) is 15.7. The molecule has 1 unspecified atom stereocenters. The molecule has 0 aliphatic heterocycles. The summed E-state index contributed by atoms with van der Waals surface area (Å²) in [6.07, 6.45) is 0.270. The predicted octanol–water partition coefficient (Wildman–Crippen LogP) is 5.50. The molecule has 4 aromatic rings. The standard InChI is InChI=1S/C35H39N3O4S/c1-25-11-16-30(17-12-25)23-37(33(35(40)36-5)22-29-9-7-6-8-10-29)34(39)24-38(32-20-15-27(3)21-28(32)4)43(41,42)31-18-13-26(2)14-19-31/h6-21,33H,22-24H2,1-5H3,(H,36,40). The van der Waals surface area contributed by atoms with Gasteiger partial charge in [0.25, 0.3) is 10.0 Å². The topological polar surface area (TPSA) is 86.8 Å². The van der Waals surface area contributed by atoms with E-state index in [1.165, 1.54) is 9.21 Å². The van der Waals surface area contributed by atoms with Gasteiger partial charge in [0, 0.05) is 20.0 Å². The first kappa shape index (κ1) is 31.5. The fraction of sp³-hybridized carbons (Fsp3) is 0.257. The van der Waals surface area contributed by atoms with Crippen molar-refractivity contribution in [3.63, 3.8) is 0 Å². The van der Waals surface area contributed by atoms with Crippen molar-refractivity contribution in [1.29, 1.82) is 0 Å². The van der Waals surface area contributed by atoms with Crippen LogP contribution in [0, 0.1) is 27.7 Å². The summed E-state index contributed by atoms with van der Waals surface area (Å²) in [5.41, 5.74) is 5.82. The third kappa shape index (κ3) is 7.70. The van der Waals surface area contributed by atoms with Gasteiger partial charge in [0.05, 0.1) is 10.6 Å². The molecule has 0 saturated heterocycles. The molecule has 0 heterocycles. The van der Waals surface area contributed by atoms with Gasteiger partial charge in [0.1, 0.15) is 12.6 Å². The number of aryl methyl sites for hydroxylation is 4. The lowest BCUT2D eigenvalue weighted by Gasteiger charge is -2.34. The maximum atomic E-state index is 14.4. The number of nitrogens with one attached hydrogen (secondary N) is 1. The Balaban J connectivity index is 1.81. The summed E-state index contributed by atoms with van der Waals surface area (Å²) >= 11 is 0. The van der Waals surface area contributed by atoms with Crippen LogP contribution >= 0.6 is 0 Å². The Morgan fingerprint density at radius 2 is 1.33 bits per heavy atom. The Hall–Kier alpha value is -4.43. The molecule has 224 valence electrons. The van der Waals surface area contributed by atoms with Gasteiger partial charge in [-0.2, -0.15) is 0 Å². The first-order valence-electron chi connectivity index (χ1n) is 14.3. The molecule has 0 radical (unpaired) electrons. The lowest BCUT2D eigenvalue weighted by Crippen LogP contribution is -2.53. The normalized spacial score (nSPS) is 11.9. The number of sulfonamides is 1. The maximum absolute atomic E-state index is 14.4. The van der Waals surface area contributed by atoms with E-state index in [-0.39, 0.29) is 23.8 Å². The highest BCUT2D eigenvalue weighted by Gasteiger charge is 2.34. The Bertz CT molecular complexity index is 1670. The van der Waals surface area contributed by atoms with Gasteiger partial charge in [-0.25, -0.2) is 8.42 Å².